The van der Waals surface area contributed by atoms with Crippen molar-refractivity contribution < 1.29 is 4.74 Å². The number of piperazine rings is 1. The molecule has 1 aliphatic rings. The predicted molar refractivity (Wildman–Crippen MR) is 90.7 cm³/mol. The van der Waals surface area contributed by atoms with E-state index in [4.69, 9.17) is 22.1 Å². The number of nitrogens with one attached hydrogen (secondary N) is 1. The van der Waals surface area contributed by atoms with E-state index in [1.54, 1.807) is 13.2 Å². The lowest BCUT2D eigenvalue weighted by molar-refractivity contribution is 0.417. The van der Waals surface area contributed by atoms with Crippen LogP contribution in [-0.2, 0) is 0 Å². The van der Waals surface area contributed by atoms with Gasteiger partial charge in [-0.1, -0.05) is 12.1 Å². The summed E-state index contributed by atoms with van der Waals surface area (Å²) in [5.41, 5.74) is 7.85. The quantitative estimate of drug-likeness (QED) is 0.510. The van der Waals surface area contributed by atoms with Crippen LogP contribution in [0.25, 0.3) is 0 Å². The lowest BCUT2D eigenvalue weighted by atomic mass is 10.2. The fourth-order valence-electron chi connectivity index (χ4n) is 1.89. The van der Waals surface area contributed by atoms with Crippen LogP contribution in [0.5, 0.6) is 5.75 Å². The molecule has 0 aromatic heterocycles. The first-order valence-electron chi connectivity index (χ1n) is 6.29. The Labute approximate surface area is 132 Å². The molecule has 1 aromatic carbocycles. The van der Waals surface area contributed by atoms with E-state index in [0.717, 1.165) is 43.3 Å². The Bertz CT molecular complexity index is 396. The fraction of sp³-hybridized carbons (Fsp3) is 0.429. The van der Waals surface area contributed by atoms with Crippen molar-refractivity contribution >= 4 is 35.4 Å². The molecule has 1 heterocycles. The van der Waals surface area contributed by atoms with Gasteiger partial charge >= 0.3 is 0 Å². The van der Waals surface area contributed by atoms with Crippen molar-refractivity contribution in [3.8, 4) is 5.75 Å². The summed E-state index contributed by atoms with van der Waals surface area (Å²) in [6.45, 7) is 7.36. The van der Waals surface area contributed by atoms with E-state index >= 15 is 0 Å². The number of nitrogen functional groups attached to an aromatic ring is 1. The minimum Gasteiger partial charge on any atom is -0.495 e. The molecular formula is C14H23Cl2N3O. The number of hydrogen-bond donors (Lipinski definition) is 2. The van der Waals surface area contributed by atoms with Gasteiger partial charge in [-0.15, -0.1) is 30.6 Å². The summed E-state index contributed by atoms with van der Waals surface area (Å²) in [6.07, 6.45) is 1.64. The van der Waals surface area contributed by atoms with Crippen LogP contribution in [0.3, 0.4) is 0 Å². The van der Waals surface area contributed by atoms with E-state index in [-0.39, 0.29) is 12.4 Å². The molecule has 0 amide bonds. The molecule has 3 N–H and O–H groups in total. The average molecular weight is 320 g/mol. The number of rotatable bonds is 3. The van der Waals surface area contributed by atoms with Gasteiger partial charge in [0.2, 0.25) is 0 Å². The first-order chi connectivity index (χ1) is 9.24. The molecule has 0 aliphatic carbocycles. The third-order valence-electron chi connectivity index (χ3n) is 2.83. The van der Waals surface area contributed by atoms with Crippen molar-refractivity contribution in [1.29, 1.82) is 0 Å². The lowest BCUT2D eigenvalue weighted by Crippen LogP contribution is -2.43. The molecule has 1 aromatic rings. The van der Waals surface area contributed by atoms with Crippen molar-refractivity contribution in [3.05, 3.63) is 30.9 Å². The number of nitrogens with zero attached hydrogens (tertiary/aromatic N) is 1. The molecule has 20 heavy (non-hydrogen) atoms. The highest BCUT2D eigenvalue weighted by molar-refractivity contribution is 6.18. The highest BCUT2D eigenvalue weighted by Crippen LogP contribution is 2.31. The highest BCUT2D eigenvalue weighted by Gasteiger charge is 2.14. The Balaban J connectivity index is 0.000000644. The Morgan fingerprint density at radius 1 is 1.45 bits per heavy atom. The molecule has 0 bridgehead atoms. The smallest absolute Gasteiger partial charge is 0.143 e. The van der Waals surface area contributed by atoms with Gasteiger partial charge in [-0.25, -0.2) is 0 Å². The number of allylic oxidation sites excluding steroid dienone is 1. The zero-order valence-corrected chi connectivity index (χ0v) is 13.3. The molecule has 0 spiro atoms. The zero-order chi connectivity index (χ0) is 14.1. The molecule has 0 radical (unpaired) electrons. The van der Waals surface area contributed by atoms with E-state index in [0.29, 0.717) is 5.88 Å². The minimum absolute atomic E-state index is 0. The third kappa shape index (κ3) is 5.49. The summed E-state index contributed by atoms with van der Waals surface area (Å²) in [6, 6.07) is 5.91. The van der Waals surface area contributed by atoms with Crippen molar-refractivity contribution in [2.24, 2.45) is 0 Å². The molecule has 4 nitrogen and oxygen atoms in total. The van der Waals surface area contributed by atoms with Crippen LogP contribution >= 0.6 is 24.0 Å². The standard InChI is InChI=1S/C11H17N3O.C3H5Cl.ClH/c1-15-10-4-2-3-9(11(10)12)14-7-5-13-6-8-14;1-2-3-4;/h2-4,13H,5-8,12H2,1H3;2H,1,3H2;1H. The summed E-state index contributed by atoms with van der Waals surface area (Å²) in [5.74, 6) is 1.31. The van der Waals surface area contributed by atoms with E-state index < -0.39 is 0 Å². The largest absolute Gasteiger partial charge is 0.495 e. The van der Waals surface area contributed by atoms with E-state index in [2.05, 4.69) is 16.8 Å². The van der Waals surface area contributed by atoms with Gasteiger partial charge in [0, 0.05) is 32.1 Å². The molecular weight excluding hydrogens is 297 g/mol. The van der Waals surface area contributed by atoms with E-state index in [1.807, 2.05) is 18.2 Å². The molecule has 0 saturated carbocycles. The molecule has 2 rings (SSSR count). The number of methoxy groups -OCH3 is 1. The third-order valence-corrected chi connectivity index (χ3v) is 3.05. The van der Waals surface area contributed by atoms with Crippen LogP contribution in [0, 0.1) is 0 Å². The van der Waals surface area contributed by atoms with Crippen LogP contribution in [0.4, 0.5) is 11.4 Å². The number of hydrogen-bond acceptors (Lipinski definition) is 4. The highest BCUT2D eigenvalue weighted by atomic mass is 35.5. The van der Waals surface area contributed by atoms with Gasteiger partial charge < -0.3 is 20.7 Å². The summed E-state index contributed by atoms with van der Waals surface area (Å²) >= 11 is 5.07. The monoisotopic (exact) mass is 319 g/mol. The maximum absolute atomic E-state index is 6.04. The Morgan fingerprint density at radius 2 is 2.05 bits per heavy atom. The van der Waals surface area contributed by atoms with E-state index in [1.165, 1.54) is 0 Å². The lowest BCUT2D eigenvalue weighted by Gasteiger charge is -2.30. The Morgan fingerprint density at radius 3 is 2.55 bits per heavy atom. The Hall–Kier alpha value is -1.10. The van der Waals surface area contributed by atoms with Crippen molar-refractivity contribution in [2.75, 3.05) is 49.8 Å². The number of anilines is 2. The first kappa shape index (κ1) is 18.9. The molecule has 1 saturated heterocycles. The number of alkyl halides is 1. The molecule has 0 atom stereocenters. The summed E-state index contributed by atoms with van der Waals surface area (Å²) < 4.78 is 5.21. The van der Waals surface area contributed by atoms with Crippen LogP contribution in [0.1, 0.15) is 0 Å². The van der Waals surface area contributed by atoms with Gasteiger partial charge in [0.05, 0.1) is 18.5 Å². The molecule has 1 aliphatic heterocycles. The van der Waals surface area contributed by atoms with Crippen LogP contribution in [0.2, 0.25) is 0 Å². The average Bonchev–Trinajstić information content (AvgIpc) is 2.48. The normalized spacial score (nSPS) is 13.6. The fourth-order valence-corrected chi connectivity index (χ4v) is 1.89. The van der Waals surface area contributed by atoms with Crippen LogP contribution < -0.4 is 20.7 Å². The van der Waals surface area contributed by atoms with Gasteiger partial charge in [-0.05, 0) is 12.1 Å². The molecule has 114 valence electrons. The summed E-state index contributed by atoms with van der Waals surface area (Å²) in [7, 11) is 1.65. The van der Waals surface area contributed by atoms with Crippen LogP contribution in [0.15, 0.2) is 30.9 Å². The maximum Gasteiger partial charge on any atom is 0.143 e. The second kappa shape index (κ2) is 10.7. The molecule has 1 fully saturated rings. The number of benzene rings is 1. The SMILES string of the molecule is C=CCCl.COc1cccc(N2CCNCC2)c1N.Cl. The Kier molecular flexibility index (Phi) is 10.1. The van der Waals surface area contributed by atoms with E-state index in [9.17, 15) is 0 Å². The first-order valence-corrected chi connectivity index (χ1v) is 6.83. The van der Waals surface area contributed by atoms with Crippen molar-refractivity contribution in [3.63, 3.8) is 0 Å². The topological polar surface area (TPSA) is 50.5 Å². The van der Waals surface area contributed by atoms with Crippen molar-refractivity contribution in [1.82, 2.24) is 5.32 Å². The number of nitrogens with two attached hydrogens (primary N) is 1. The number of ether oxygens (including phenoxy) is 1. The molecule has 6 heteroatoms. The summed E-state index contributed by atoms with van der Waals surface area (Å²) in [5, 5.41) is 3.32. The minimum atomic E-state index is 0. The number of halogens is 2. The zero-order valence-electron chi connectivity index (χ0n) is 11.8. The second-order valence-corrected chi connectivity index (χ2v) is 4.38. The van der Waals surface area contributed by atoms with Crippen LogP contribution in [-0.4, -0.2) is 39.2 Å². The van der Waals surface area contributed by atoms with Crippen molar-refractivity contribution in [2.45, 2.75) is 0 Å². The number of para-hydroxylation sites is 1. The maximum atomic E-state index is 6.04. The van der Waals surface area contributed by atoms with Gasteiger partial charge in [0.1, 0.15) is 5.75 Å². The predicted octanol–water partition coefficient (Wildman–Crippen LogP) is 2.52. The van der Waals surface area contributed by atoms with Gasteiger partial charge in [-0.2, -0.15) is 0 Å². The van der Waals surface area contributed by atoms with Gasteiger partial charge in [0.25, 0.3) is 0 Å². The molecule has 0 unspecified atom stereocenters. The summed E-state index contributed by atoms with van der Waals surface area (Å²) in [4.78, 5) is 2.29. The van der Waals surface area contributed by atoms with Gasteiger partial charge in [0.15, 0.2) is 0 Å². The van der Waals surface area contributed by atoms with Gasteiger partial charge in [-0.3, -0.25) is 0 Å². The second-order valence-electron chi connectivity index (χ2n) is 4.07.